The van der Waals surface area contributed by atoms with Gasteiger partial charge in [-0.3, -0.25) is 19.7 Å². The fraction of sp³-hybridized carbons (Fsp3) is 0.400. The zero-order chi connectivity index (χ0) is 15.9. The lowest BCUT2D eigenvalue weighted by molar-refractivity contribution is -0.156. The summed E-state index contributed by atoms with van der Waals surface area (Å²) in [4.78, 5) is 28.5. The molecule has 2 aromatic heterocycles. The first-order chi connectivity index (χ1) is 10.5. The van der Waals surface area contributed by atoms with Crippen molar-refractivity contribution < 1.29 is 14.6 Å². The first-order valence-electron chi connectivity index (χ1n) is 6.95. The van der Waals surface area contributed by atoms with Crippen LogP contribution in [0.25, 0.3) is 0 Å². The molecular weight excluding hydrogens is 286 g/mol. The lowest BCUT2D eigenvalue weighted by Crippen LogP contribution is -2.49. The predicted octanol–water partition coefficient (Wildman–Crippen LogP) is 0.326. The minimum absolute atomic E-state index is 0.164. The van der Waals surface area contributed by atoms with Gasteiger partial charge in [0, 0.05) is 36.0 Å². The quantitative estimate of drug-likeness (QED) is 0.693. The number of hydrogen-bond acceptors (Lipinski definition) is 5. The molecule has 0 aromatic carbocycles. The Balaban J connectivity index is 2.25. The lowest BCUT2D eigenvalue weighted by atomic mass is 9.66. The highest BCUT2D eigenvalue weighted by molar-refractivity contribution is 5.77. The number of carbonyl (C=O) groups is 1. The van der Waals surface area contributed by atoms with Gasteiger partial charge in [0.2, 0.25) is 0 Å². The Morgan fingerprint density at radius 3 is 2.91 bits per heavy atom. The van der Waals surface area contributed by atoms with Crippen molar-refractivity contribution in [3.63, 3.8) is 0 Å². The summed E-state index contributed by atoms with van der Waals surface area (Å²) in [5.41, 5.74) is 0.0996. The molecule has 0 bridgehead atoms. The molecule has 1 aliphatic rings. The summed E-state index contributed by atoms with van der Waals surface area (Å²) in [6.07, 6.45) is 3.37. The van der Waals surface area contributed by atoms with E-state index in [-0.39, 0.29) is 12.0 Å². The minimum atomic E-state index is -1.34. The zero-order valence-electron chi connectivity index (χ0n) is 12.3. The largest absolute Gasteiger partial charge is 0.469 e. The summed E-state index contributed by atoms with van der Waals surface area (Å²) < 4.78 is 4.87. The van der Waals surface area contributed by atoms with Crippen molar-refractivity contribution in [2.45, 2.75) is 24.9 Å². The Kier molecular flexibility index (Phi) is 3.37. The molecule has 116 valence electrons. The normalized spacial score (nSPS) is 27.2. The third-order valence-corrected chi connectivity index (χ3v) is 4.24. The van der Waals surface area contributed by atoms with Crippen LogP contribution in [0.15, 0.2) is 29.3 Å². The first-order valence-corrected chi connectivity index (χ1v) is 6.95. The molecule has 3 rings (SSSR count). The van der Waals surface area contributed by atoms with E-state index in [9.17, 15) is 14.7 Å². The number of ether oxygens (including phenoxy) is 1. The van der Waals surface area contributed by atoms with E-state index < -0.39 is 23.4 Å². The maximum Gasteiger partial charge on any atom is 0.312 e. The second kappa shape index (κ2) is 5.10. The Bertz CT molecular complexity index is 748. The van der Waals surface area contributed by atoms with Crippen molar-refractivity contribution in [2.24, 2.45) is 5.92 Å². The fourth-order valence-corrected chi connectivity index (χ4v) is 3.30. The summed E-state index contributed by atoms with van der Waals surface area (Å²) >= 11 is 0. The molecule has 7 heteroatoms. The van der Waals surface area contributed by atoms with E-state index in [1.54, 1.807) is 31.5 Å². The van der Waals surface area contributed by atoms with E-state index in [4.69, 9.17) is 4.74 Å². The summed E-state index contributed by atoms with van der Waals surface area (Å²) in [5.74, 6) is -2.05. The Morgan fingerprint density at radius 2 is 2.27 bits per heavy atom. The van der Waals surface area contributed by atoms with Gasteiger partial charge in [-0.2, -0.15) is 0 Å². The number of carbonyl (C=O) groups excluding carboxylic acids is 1. The second-order valence-corrected chi connectivity index (χ2v) is 5.77. The molecule has 2 heterocycles. The number of pyridine rings is 1. The number of aromatic amines is 2. The molecular formula is C15H17N3O4. The van der Waals surface area contributed by atoms with Gasteiger partial charge >= 0.3 is 5.97 Å². The van der Waals surface area contributed by atoms with Crippen LogP contribution >= 0.6 is 0 Å². The highest BCUT2D eigenvalue weighted by Gasteiger charge is 2.51. The number of hydrogen-bond donors (Lipinski definition) is 3. The highest BCUT2D eigenvalue weighted by atomic mass is 16.5. The maximum absolute atomic E-state index is 12.3. The molecule has 3 N–H and O–H groups in total. The van der Waals surface area contributed by atoms with E-state index in [0.717, 1.165) is 0 Å². The van der Waals surface area contributed by atoms with Gasteiger partial charge in [-0.15, -0.1) is 0 Å². The highest BCUT2D eigenvalue weighted by Crippen LogP contribution is 2.44. The van der Waals surface area contributed by atoms with E-state index in [1.165, 1.54) is 7.11 Å². The second-order valence-electron chi connectivity index (χ2n) is 5.77. The first kappa shape index (κ1) is 14.5. The Hall–Kier alpha value is -2.41. The van der Waals surface area contributed by atoms with E-state index in [0.29, 0.717) is 16.8 Å². The number of H-pyrrole nitrogens is 2. The van der Waals surface area contributed by atoms with Gasteiger partial charge in [-0.05, 0) is 18.6 Å². The van der Waals surface area contributed by atoms with Gasteiger partial charge in [-0.1, -0.05) is 6.07 Å². The SMILES string of the molecule is COC(=O)[C@@H]1[C@H](c2cccnc2)c2c([nH][nH]c2=O)C[C@]1(C)O. The average molecular weight is 303 g/mol. The van der Waals surface area contributed by atoms with Gasteiger partial charge in [0.15, 0.2) is 0 Å². The maximum atomic E-state index is 12.3. The summed E-state index contributed by atoms with van der Waals surface area (Å²) in [6.45, 7) is 1.58. The average Bonchev–Trinajstić information content (AvgIpc) is 2.85. The fourth-order valence-electron chi connectivity index (χ4n) is 3.30. The third kappa shape index (κ3) is 2.14. The van der Waals surface area contributed by atoms with Crippen LogP contribution in [0.2, 0.25) is 0 Å². The molecule has 22 heavy (non-hydrogen) atoms. The number of aromatic nitrogens is 3. The zero-order valence-corrected chi connectivity index (χ0v) is 12.3. The molecule has 2 aromatic rings. The van der Waals surface area contributed by atoms with Crippen molar-refractivity contribution in [2.75, 3.05) is 7.11 Å². The molecule has 0 radical (unpaired) electrons. The number of methoxy groups -OCH3 is 1. The smallest absolute Gasteiger partial charge is 0.312 e. The molecule has 0 unspecified atom stereocenters. The van der Waals surface area contributed by atoms with Crippen molar-refractivity contribution in [1.82, 2.24) is 15.2 Å². The molecule has 3 atom stereocenters. The van der Waals surface area contributed by atoms with Gasteiger partial charge in [0.1, 0.15) is 0 Å². The van der Waals surface area contributed by atoms with Crippen molar-refractivity contribution in [1.29, 1.82) is 0 Å². The number of aliphatic hydroxyl groups is 1. The molecule has 0 saturated heterocycles. The number of esters is 1. The van der Waals surface area contributed by atoms with Crippen LogP contribution in [0.4, 0.5) is 0 Å². The number of nitrogens with zero attached hydrogens (tertiary/aromatic N) is 1. The summed E-state index contributed by atoms with van der Waals surface area (Å²) in [6, 6.07) is 3.51. The summed E-state index contributed by atoms with van der Waals surface area (Å²) in [5, 5.41) is 16.1. The van der Waals surface area contributed by atoms with Crippen molar-refractivity contribution in [3.8, 4) is 0 Å². The van der Waals surface area contributed by atoms with Crippen LogP contribution in [0.5, 0.6) is 0 Å². The van der Waals surface area contributed by atoms with Gasteiger partial charge < -0.3 is 14.9 Å². The van der Waals surface area contributed by atoms with Crippen LogP contribution in [0, 0.1) is 5.92 Å². The van der Waals surface area contributed by atoms with Crippen molar-refractivity contribution >= 4 is 5.97 Å². The van der Waals surface area contributed by atoms with E-state index in [1.807, 2.05) is 0 Å². The topological polar surface area (TPSA) is 108 Å². The Morgan fingerprint density at radius 1 is 1.50 bits per heavy atom. The van der Waals surface area contributed by atoms with Crippen LogP contribution in [0.1, 0.15) is 29.7 Å². The summed E-state index contributed by atoms with van der Waals surface area (Å²) in [7, 11) is 1.27. The molecule has 1 aliphatic carbocycles. The Labute approximate surface area is 126 Å². The molecule has 0 fully saturated rings. The molecule has 0 amide bonds. The lowest BCUT2D eigenvalue weighted by Gasteiger charge is -2.40. The minimum Gasteiger partial charge on any atom is -0.469 e. The third-order valence-electron chi connectivity index (χ3n) is 4.24. The van der Waals surface area contributed by atoms with Crippen LogP contribution in [-0.2, 0) is 16.0 Å². The molecule has 7 nitrogen and oxygen atoms in total. The van der Waals surface area contributed by atoms with Gasteiger partial charge in [0.05, 0.1) is 18.6 Å². The number of fused-ring (bicyclic) bond motifs is 1. The molecule has 0 spiro atoms. The van der Waals surface area contributed by atoms with Crippen LogP contribution < -0.4 is 5.56 Å². The standard InChI is InChI=1S/C15H17N3O4/c1-15(21)6-9-11(13(19)18-17-9)10(12(15)14(20)22-2)8-4-3-5-16-7-8/h3-5,7,10,12,21H,6H2,1-2H3,(H2,17,18,19)/t10-,12+,15+/m1/s1. The predicted molar refractivity (Wildman–Crippen MR) is 77.3 cm³/mol. The number of rotatable bonds is 2. The van der Waals surface area contributed by atoms with Gasteiger partial charge in [0.25, 0.3) is 5.56 Å². The number of nitrogens with one attached hydrogen (secondary N) is 2. The van der Waals surface area contributed by atoms with E-state index >= 15 is 0 Å². The van der Waals surface area contributed by atoms with Crippen LogP contribution in [0.3, 0.4) is 0 Å². The van der Waals surface area contributed by atoms with Crippen molar-refractivity contribution in [3.05, 3.63) is 51.7 Å². The van der Waals surface area contributed by atoms with Crippen LogP contribution in [-0.4, -0.2) is 39.0 Å². The molecule has 0 saturated carbocycles. The van der Waals surface area contributed by atoms with Gasteiger partial charge in [-0.25, -0.2) is 0 Å². The van der Waals surface area contributed by atoms with E-state index in [2.05, 4.69) is 15.2 Å². The molecule has 0 aliphatic heterocycles. The monoisotopic (exact) mass is 303 g/mol.